The van der Waals surface area contributed by atoms with Crippen molar-refractivity contribution in [2.24, 2.45) is 0 Å². The second-order valence-corrected chi connectivity index (χ2v) is 5.70. The Kier molecular flexibility index (Phi) is 3.34. The molecule has 0 aliphatic carbocycles. The van der Waals surface area contributed by atoms with Gasteiger partial charge in [0.2, 0.25) is 0 Å². The van der Waals surface area contributed by atoms with E-state index >= 15 is 0 Å². The van der Waals surface area contributed by atoms with E-state index in [4.69, 9.17) is 4.74 Å². The van der Waals surface area contributed by atoms with E-state index in [1.165, 1.54) is 0 Å². The molecule has 90 valence electrons. The Morgan fingerprint density at radius 1 is 1.06 bits per heavy atom. The van der Waals surface area contributed by atoms with E-state index in [-0.39, 0.29) is 11.0 Å². The first-order chi connectivity index (χ1) is 7.18. The van der Waals surface area contributed by atoms with Gasteiger partial charge in [0, 0.05) is 7.11 Å². The summed E-state index contributed by atoms with van der Waals surface area (Å²) in [7, 11) is 1.70. The number of hydrogen-bond donors (Lipinski definition) is 1. The normalized spacial score (nSPS) is 12.9. The van der Waals surface area contributed by atoms with Crippen LogP contribution in [0.4, 0.5) is 0 Å². The minimum absolute atomic E-state index is 0.0656. The van der Waals surface area contributed by atoms with Gasteiger partial charge in [-0.2, -0.15) is 0 Å². The average molecular weight is 222 g/mol. The zero-order chi connectivity index (χ0) is 12.6. The molecule has 0 amide bonds. The fourth-order valence-electron chi connectivity index (χ4n) is 1.63. The smallest absolute Gasteiger partial charge is 0.119 e. The maximum absolute atomic E-state index is 9.87. The first-order valence-electron chi connectivity index (χ1n) is 5.57. The number of benzene rings is 1. The summed E-state index contributed by atoms with van der Waals surface area (Å²) >= 11 is 0. The highest BCUT2D eigenvalue weighted by atomic mass is 16.5. The summed E-state index contributed by atoms with van der Waals surface area (Å²) in [6.07, 6.45) is 0. The molecule has 1 N–H and O–H groups in total. The molecule has 0 heterocycles. The molecule has 0 radical (unpaired) electrons. The Hall–Kier alpha value is -1.02. The van der Waals surface area contributed by atoms with Crippen molar-refractivity contribution in [2.45, 2.75) is 45.6 Å². The highest BCUT2D eigenvalue weighted by Crippen LogP contribution is 2.34. The quantitative estimate of drug-likeness (QED) is 0.829. The molecule has 2 heteroatoms. The lowest BCUT2D eigenvalue weighted by molar-refractivity contribution is 0.0191. The third-order valence-electron chi connectivity index (χ3n) is 3.01. The van der Waals surface area contributed by atoms with Crippen molar-refractivity contribution in [2.75, 3.05) is 7.11 Å². The van der Waals surface area contributed by atoms with Crippen LogP contribution in [0.1, 0.15) is 45.7 Å². The first-order valence-corrected chi connectivity index (χ1v) is 5.57. The van der Waals surface area contributed by atoms with Gasteiger partial charge in [-0.1, -0.05) is 26.8 Å². The van der Waals surface area contributed by atoms with E-state index in [9.17, 15) is 5.11 Å². The molecule has 0 aliphatic rings. The predicted octanol–water partition coefficient (Wildman–Crippen LogP) is 3.57. The van der Waals surface area contributed by atoms with E-state index in [0.29, 0.717) is 5.75 Å². The molecule has 0 bridgehead atoms. The van der Waals surface area contributed by atoms with Crippen LogP contribution in [-0.4, -0.2) is 12.2 Å². The third kappa shape index (κ3) is 2.56. The van der Waals surface area contributed by atoms with Gasteiger partial charge in [-0.15, -0.1) is 0 Å². The van der Waals surface area contributed by atoms with Crippen LogP contribution in [0.2, 0.25) is 0 Å². The lowest BCUT2D eigenvalue weighted by Gasteiger charge is -2.27. The van der Waals surface area contributed by atoms with Gasteiger partial charge in [0.1, 0.15) is 5.75 Å². The van der Waals surface area contributed by atoms with Crippen molar-refractivity contribution >= 4 is 0 Å². The molecule has 0 aromatic heterocycles. The molecule has 16 heavy (non-hydrogen) atoms. The monoisotopic (exact) mass is 222 g/mol. The Morgan fingerprint density at radius 3 is 2.06 bits per heavy atom. The first kappa shape index (κ1) is 13.0. The van der Waals surface area contributed by atoms with Gasteiger partial charge in [-0.25, -0.2) is 0 Å². The zero-order valence-corrected chi connectivity index (χ0v) is 11.1. The standard InChI is InChI=1S/C14H22O2/c1-13(2,3)11-9-10(7-8-12(11)15)14(4,5)16-6/h7-9,15H,1-6H3. The van der Waals surface area contributed by atoms with E-state index in [2.05, 4.69) is 20.8 Å². The number of phenolic OH excluding ortho intramolecular Hbond substituents is 1. The van der Waals surface area contributed by atoms with Crippen molar-refractivity contribution in [3.8, 4) is 5.75 Å². The molecular formula is C14H22O2. The van der Waals surface area contributed by atoms with Gasteiger partial charge < -0.3 is 9.84 Å². The summed E-state index contributed by atoms with van der Waals surface area (Å²) in [6.45, 7) is 10.3. The van der Waals surface area contributed by atoms with Crippen molar-refractivity contribution in [3.05, 3.63) is 29.3 Å². The molecule has 1 aromatic carbocycles. The Bertz CT molecular complexity index is 373. The van der Waals surface area contributed by atoms with Crippen LogP contribution in [0, 0.1) is 0 Å². The lowest BCUT2D eigenvalue weighted by atomic mass is 9.83. The maximum atomic E-state index is 9.87. The van der Waals surface area contributed by atoms with Crippen molar-refractivity contribution < 1.29 is 9.84 Å². The van der Waals surface area contributed by atoms with Crippen LogP contribution >= 0.6 is 0 Å². The van der Waals surface area contributed by atoms with Crippen LogP contribution in [0.5, 0.6) is 5.75 Å². The van der Waals surface area contributed by atoms with Gasteiger partial charge in [0.15, 0.2) is 0 Å². The van der Waals surface area contributed by atoms with Crippen LogP contribution in [-0.2, 0) is 15.8 Å². The number of aromatic hydroxyl groups is 1. The molecule has 0 saturated heterocycles. The largest absolute Gasteiger partial charge is 0.508 e. The van der Waals surface area contributed by atoms with Crippen molar-refractivity contribution in [1.82, 2.24) is 0 Å². The predicted molar refractivity (Wildman–Crippen MR) is 66.8 cm³/mol. The molecular weight excluding hydrogens is 200 g/mol. The Balaban J connectivity index is 3.29. The summed E-state index contributed by atoms with van der Waals surface area (Å²) in [5.74, 6) is 0.350. The molecule has 2 nitrogen and oxygen atoms in total. The van der Waals surface area contributed by atoms with Crippen LogP contribution < -0.4 is 0 Å². The number of phenols is 1. The van der Waals surface area contributed by atoms with E-state index in [1.807, 2.05) is 26.0 Å². The van der Waals surface area contributed by atoms with Gasteiger partial charge >= 0.3 is 0 Å². The van der Waals surface area contributed by atoms with Crippen molar-refractivity contribution in [3.63, 3.8) is 0 Å². The van der Waals surface area contributed by atoms with Crippen LogP contribution in [0.3, 0.4) is 0 Å². The molecule has 0 spiro atoms. The molecule has 0 fully saturated rings. The molecule has 0 aliphatic heterocycles. The lowest BCUT2D eigenvalue weighted by Crippen LogP contribution is -2.21. The average Bonchev–Trinajstić information content (AvgIpc) is 2.16. The van der Waals surface area contributed by atoms with Gasteiger partial charge in [-0.3, -0.25) is 0 Å². The zero-order valence-electron chi connectivity index (χ0n) is 11.1. The minimum atomic E-state index is -0.326. The van der Waals surface area contributed by atoms with Gasteiger partial charge in [0.05, 0.1) is 5.60 Å². The maximum Gasteiger partial charge on any atom is 0.119 e. The van der Waals surface area contributed by atoms with Gasteiger partial charge in [0.25, 0.3) is 0 Å². The van der Waals surface area contributed by atoms with E-state index in [0.717, 1.165) is 11.1 Å². The molecule has 0 saturated carbocycles. The number of rotatable bonds is 2. The van der Waals surface area contributed by atoms with Gasteiger partial charge in [-0.05, 0) is 42.5 Å². The summed E-state index contributed by atoms with van der Waals surface area (Å²) < 4.78 is 5.45. The fraction of sp³-hybridized carbons (Fsp3) is 0.571. The molecule has 1 rings (SSSR count). The van der Waals surface area contributed by atoms with E-state index in [1.54, 1.807) is 13.2 Å². The highest BCUT2D eigenvalue weighted by molar-refractivity contribution is 5.42. The SMILES string of the molecule is COC(C)(C)c1ccc(O)c(C(C)(C)C)c1. The second-order valence-electron chi connectivity index (χ2n) is 5.70. The Labute approximate surface area is 98.3 Å². The second kappa shape index (κ2) is 4.10. The van der Waals surface area contributed by atoms with Crippen LogP contribution in [0.25, 0.3) is 0 Å². The summed E-state index contributed by atoms with van der Waals surface area (Å²) in [5, 5.41) is 9.87. The van der Waals surface area contributed by atoms with E-state index < -0.39 is 0 Å². The molecule has 0 unspecified atom stereocenters. The number of methoxy groups -OCH3 is 1. The number of ether oxygens (including phenoxy) is 1. The summed E-state index contributed by atoms with van der Waals surface area (Å²) in [6, 6.07) is 5.68. The number of hydrogen-bond acceptors (Lipinski definition) is 2. The fourth-order valence-corrected chi connectivity index (χ4v) is 1.63. The minimum Gasteiger partial charge on any atom is -0.508 e. The third-order valence-corrected chi connectivity index (χ3v) is 3.01. The van der Waals surface area contributed by atoms with Crippen LogP contribution in [0.15, 0.2) is 18.2 Å². The topological polar surface area (TPSA) is 29.5 Å². The summed E-state index contributed by atoms with van der Waals surface area (Å²) in [4.78, 5) is 0. The Morgan fingerprint density at radius 2 is 1.62 bits per heavy atom. The molecule has 0 atom stereocenters. The summed E-state index contributed by atoms with van der Waals surface area (Å²) in [5.41, 5.74) is 1.64. The molecule has 1 aromatic rings. The van der Waals surface area contributed by atoms with Crippen molar-refractivity contribution in [1.29, 1.82) is 0 Å². The highest BCUT2D eigenvalue weighted by Gasteiger charge is 2.24.